The highest BCUT2D eigenvalue weighted by molar-refractivity contribution is 5.91. The Kier molecular flexibility index (Phi) is 4.55. The largest absolute Gasteiger partial charge is 0.485 e. The summed E-state index contributed by atoms with van der Waals surface area (Å²) in [7, 11) is 0. The predicted octanol–water partition coefficient (Wildman–Crippen LogP) is 1.11. The van der Waals surface area contributed by atoms with E-state index in [-0.39, 0.29) is 12.6 Å². The first-order valence-electron chi connectivity index (χ1n) is 7.26. The van der Waals surface area contributed by atoms with Crippen LogP contribution < -0.4 is 14.8 Å². The molecule has 0 spiro atoms. The number of carbonyl (C=O) groups excluding carboxylic acids is 2. The number of carbonyl (C=O) groups is 2. The van der Waals surface area contributed by atoms with Crippen LogP contribution in [0.2, 0.25) is 0 Å². The van der Waals surface area contributed by atoms with Gasteiger partial charge in [-0.1, -0.05) is 12.1 Å². The van der Waals surface area contributed by atoms with Crippen molar-refractivity contribution in [2.75, 3.05) is 18.5 Å². The van der Waals surface area contributed by atoms with Crippen molar-refractivity contribution in [1.29, 1.82) is 0 Å². The Morgan fingerprint density at radius 3 is 2.88 bits per heavy atom. The zero-order valence-electron chi connectivity index (χ0n) is 12.9. The van der Waals surface area contributed by atoms with Crippen LogP contribution in [0.15, 0.2) is 36.5 Å². The van der Waals surface area contributed by atoms with Crippen molar-refractivity contribution in [1.82, 2.24) is 9.97 Å². The SMILES string of the molecule is Cc1ccnc(NC(=O)COC(=O)[C@@H]2COc3ccccc3O2)n1. The van der Waals surface area contributed by atoms with Crippen LogP contribution in [0.5, 0.6) is 11.5 Å². The molecule has 3 rings (SSSR count). The summed E-state index contributed by atoms with van der Waals surface area (Å²) >= 11 is 0. The minimum absolute atomic E-state index is 0.0262. The van der Waals surface area contributed by atoms with E-state index in [0.717, 1.165) is 0 Å². The van der Waals surface area contributed by atoms with Crippen LogP contribution in [0.25, 0.3) is 0 Å². The lowest BCUT2D eigenvalue weighted by Crippen LogP contribution is -2.39. The molecule has 1 amide bonds. The van der Waals surface area contributed by atoms with Gasteiger partial charge in [-0.25, -0.2) is 14.8 Å². The standard InChI is InChI=1S/C16H15N3O5/c1-10-6-7-17-16(18-10)19-14(20)9-23-15(21)13-8-22-11-4-2-3-5-12(11)24-13/h2-7,13H,8-9H2,1H3,(H,17,18,19,20)/t13-/m0/s1. The molecule has 1 aromatic heterocycles. The summed E-state index contributed by atoms with van der Waals surface area (Å²) < 4.78 is 15.9. The fraction of sp³-hybridized carbons (Fsp3) is 0.250. The van der Waals surface area contributed by atoms with Gasteiger partial charge in [0.15, 0.2) is 18.1 Å². The van der Waals surface area contributed by atoms with Gasteiger partial charge in [0.25, 0.3) is 5.91 Å². The van der Waals surface area contributed by atoms with E-state index in [1.807, 2.05) is 0 Å². The topological polar surface area (TPSA) is 99.6 Å². The van der Waals surface area contributed by atoms with Crippen molar-refractivity contribution >= 4 is 17.8 Å². The third kappa shape index (κ3) is 3.78. The number of para-hydroxylation sites is 2. The van der Waals surface area contributed by atoms with Crippen LogP contribution in [0, 0.1) is 6.92 Å². The van der Waals surface area contributed by atoms with Crippen LogP contribution in [-0.4, -0.2) is 41.2 Å². The van der Waals surface area contributed by atoms with E-state index < -0.39 is 24.6 Å². The summed E-state index contributed by atoms with van der Waals surface area (Å²) in [5.41, 5.74) is 0.712. The van der Waals surface area contributed by atoms with Gasteiger partial charge in [0.05, 0.1) is 0 Å². The molecule has 1 aromatic carbocycles. The van der Waals surface area contributed by atoms with Gasteiger partial charge in [0.1, 0.15) is 6.61 Å². The van der Waals surface area contributed by atoms with Gasteiger partial charge in [-0.15, -0.1) is 0 Å². The van der Waals surface area contributed by atoms with Crippen molar-refractivity contribution in [2.24, 2.45) is 0 Å². The van der Waals surface area contributed by atoms with Crippen molar-refractivity contribution in [3.8, 4) is 11.5 Å². The summed E-state index contributed by atoms with van der Waals surface area (Å²) in [6.07, 6.45) is 0.608. The van der Waals surface area contributed by atoms with E-state index in [2.05, 4.69) is 15.3 Å². The van der Waals surface area contributed by atoms with Gasteiger partial charge in [0.2, 0.25) is 12.1 Å². The fourth-order valence-corrected chi connectivity index (χ4v) is 2.04. The van der Waals surface area contributed by atoms with Crippen molar-refractivity contribution in [3.63, 3.8) is 0 Å². The third-order valence-corrected chi connectivity index (χ3v) is 3.16. The van der Waals surface area contributed by atoms with Gasteiger partial charge in [-0.2, -0.15) is 0 Å². The monoisotopic (exact) mass is 329 g/mol. The molecule has 1 atom stereocenters. The minimum atomic E-state index is -0.914. The molecule has 0 saturated carbocycles. The Morgan fingerprint density at radius 1 is 1.29 bits per heavy atom. The van der Waals surface area contributed by atoms with Crippen LogP contribution in [0.4, 0.5) is 5.95 Å². The number of ether oxygens (including phenoxy) is 3. The van der Waals surface area contributed by atoms with E-state index in [1.54, 1.807) is 37.3 Å². The number of amides is 1. The number of fused-ring (bicyclic) bond motifs is 1. The molecule has 0 saturated heterocycles. The van der Waals surface area contributed by atoms with Gasteiger partial charge >= 0.3 is 5.97 Å². The number of esters is 1. The molecule has 0 aliphatic carbocycles. The molecule has 8 heteroatoms. The highest BCUT2D eigenvalue weighted by Crippen LogP contribution is 2.31. The molecule has 1 N–H and O–H groups in total. The first-order chi connectivity index (χ1) is 11.6. The smallest absolute Gasteiger partial charge is 0.351 e. The lowest BCUT2D eigenvalue weighted by Gasteiger charge is -2.24. The van der Waals surface area contributed by atoms with E-state index in [1.165, 1.54) is 6.20 Å². The van der Waals surface area contributed by atoms with Gasteiger partial charge in [-0.3, -0.25) is 10.1 Å². The number of hydrogen-bond acceptors (Lipinski definition) is 7. The molecule has 124 valence electrons. The second-order valence-electron chi connectivity index (χ2n) is 5.04. The highest BCUT2D eigenvalue weighted by Gasteiger charge is 2.29. The van der Waals surface area contributed by atoms with Crippen LogP contribution in [0.1, 0.15) is 5.69 Å². The molecule has 0 radical (unpaired) electrons. The average molecular weight is 329 g/mol. The normalized spacial score (nSPS) is 15.5. The second-order valence-corrected chi connectivity index (χ2v) is 5.04. The Hall–Kier alpha value is -3.16. The summed E-state index contributed by atoms with van der Waals surface area (Å²) in [6, 6.07) is 8.71. The number of aromatic nitrogens is 2. The van der Waals surface area contributed by atoms with Crippen molar-refractivity contribution in [2.45, 2.75) is 13.0 Å². The summed E-state index contributed by atoms with van der Waals surface area (Å²) in [5, 5.41) is 2.45. The number of aryl methyl sites for hydroxylation is 1. The number of benzene rings is 1. The minimum Gasteiger partial charge on any atom is -0.485 e. The number of anilines is 1. The van der Waals surface area contributed by atoms with E-state index in [0.29, 0.717) is 17.2 Å². The lowest BCUT2D eigenvalue weighted by atomic mass is 10.2. The third-order valence-electron chi connectivity index (χ3n) is 3.16. The Labute approximate surface area is 137 Å². The van der Waals surface area contributed by atoms with Crippen LogP contribution >= 0.6 is 0 Å². The summed E-state index contributed by atoms with van der Waals surface area (Å²) in [6.45, 7) is 1.34. The van der Waals surface area contributed by atoms with Crippen LogP contribution in [-0.2, 0) is 14.3 Å². The van der Waals surface area contributed by atoms with Gasteiger partial charge in [-0.05, 0) is 25.1 Å². The van der Waals surface area contributed by atoms with Gasteiger partial charge in [0, 0.05) is 11.9 Å². The summed E-state index contributed by atoms with van der Waals surface area (Å²) in [4.78, 5) is 31.7. The van der Waals surface area contributed by atoms with Crippen molar-refractivity contribution < 1.29 is 23.8 Å². The molecular weight excluding hydrogens is 314 g/mol. The molecule has 0 bridgehead atoms. The molecule has 1 aliphatic rings. The number of hydrogen-bond donors (Lipinski definition) is 1. The number of nitrogens with zero attached hydrogens (tertiary/aromatic N) is 2. The maximum absolute atomic E-state index is 12.0. The lowest BCUT2D eigenvalue weighted by molar-refractivity contribution is -0.156. The van der Waals surface area contributed by atoms with E-state index in [9.17, 15) is 9.59 Å². The zero-order valence-corrected chi connectivity index (χ0v) is 12.9. The van der Waals surface area contributed by atoms with E-state index >= 15 is 0 Å². The Morgan fingerprint density at radius 2 is 2.08 bits per heavy atom. The number of rotatable bonds is 4. The van der Waals surface area contributed by atoms with Gasteiger partial charge < -0.3 is 14.2 Å². The maximum atomic E-state index is 12.0. The first-order valence-corrected chi connectivity index (χ1v) is 7.26. The second kappa shape index (κ2) is 6.95. The maximum Gasteiger partial charge on any atom is 0.351 e. The molecule has 2 heterocycles. The quantitative estimate of drug-likeness (QED) is 0.839. The molecular formula is C16H15N3O5. The molecule has 1 aliphatic heterocycles. The number of nitrogens with one attached hydrogen (secondary N) is 1. The predicted molar refractivity (Wildman–Crippen MR) is 82.7 cm³/mol. The van der Waals surface area contributed by atoms with Crippen molar-refractivity contribution in [3.05, 3.63) is 42.2 Å². The molecule has 8 nitrogen and oxygen atoms in total. The van der Waals surface area contributed by atoms with E-state index in [4.69, 9.17) is 14.2 Å². The Bertz CT molecular complexity index is 765. The fourth-order valence-electron chi connectivity index (χ4n) is 2.04. The zero-order chi connectivity index (χ0) is 16.9. The highest BCUT2D eigenvalue weighted by atomic mass is 16.6. The Balaban J connectivity index is 1.50. The average Bonchev–Trinajstić information content (AvgIpc) is 2.59. The molecule has 24 heavy (non-hydrogen) atoms. The molecule has 2 aromatic rings. The van der Waals surface area contributed by atoms with Crippen LogP contribution in [0.3, 0.4) is 0 Å². The first kappa shape index (κ1) is 15.7. The molecule has 0 fully saturated rings. The summed E-state index contributed by atoms with van der Waals surface area (Å²) in [5.74, 6) is -0.0303. The molecule has 0 unspecified atom stereocenters.